The van der Waals surface area contributed by atoms with Crippen LogP contribution in [0.1, 0.15) is 0 Å². The van der Waals surface area contributed by atoms with Gasteiger partial charge in [-0.05, 0) is 30.3 Å². The van der Waals surface area contributed by atoms with Crippen LogP contribution in [0.5, 0.6) is 0 Å². The van der Waals surface area contributed by atoms with Crippen LogP contribution < -0.4 is 11.1 Å². The molecule has 0 bridgehead atoms. The lowest BCUT2D eigenvalue weighted by Crippen LogP contribution is -1.95. The quantitative estimate of drug-likeness (QED) is 0.687. The Hall–Kier alpha value is -2.20. The van der Waals surface area contributed by atoms with Gasteiger partial charge in [-0.3, -0.25) is 0 Å². The van der Waals surface area contributed by atoms with Crippen molar-refractivity contribution >= 4 is 40.1 Å². The largest absolute Gasteiger partial charge is 0.423 e. The Bertz CT molecular complexity index is 708. The molecule has 0 radical (unpaired) electrons. The Labute approximate surface area is 108 Å². The number of oxazole rings is 1. The zero-order chi connectivity index (χ0) is 12.5. The number of rotatable bonds is 2. The first kappa shape index (κ1) is 10.9. The summed E-state index contributed by atoms with van der Waals surface area (Å²) in [6.45, 7) is 0. The van der Waals surface area contributed by atoms with Crippen molar-refractivity contribution in [3.05, 3.63) is 47.5 Å². The molecule has 90 valence electrons. The van der Waals surface area contributed by atoms with Crippen molar-refractivity contribution in [2.24, 2.45) is 0 Å². The highest BCUT2D eigenvalue weighted by molar-refractivity contribution is 6.31. The second kappa shape index (κ2) is 4.23. The fourth-order valence-electron chi connectivity index (χ4n) is 1.68. The summed E-state index contributed by atoms with van der Waals surface area (Å²) in [5.41, 5.74) is 8.62. The average molecular weight is 260 g/mol. The number of hydrogen-bond acceptors (Lipinski definition) is 4. The fourth-order valence-corrected chi connectivity index (χ4v) is 1.85. The van der Waals surface area contributed by atoms with E-state index in [1.807, 2.05) is 24.3 Å². The van der Waals surface area contributed by atoms with E-state index < -0.39 is 0 Å². The van der Waals surface area contributed by atoms with Gasteiger partial charge in [0.25, 0.3) is 6.01 Å². The first-order valence-electron chi connectivity index (χ1n) is 5.40. The highest BCUT2D eigenvalue weighted by Gasteiger charge is 2.07. The molecule has 0 amide bonds. The second-order valence-corrected chi connectivity index (χ2v) is 4.28. The Morgan fingerprint density at radius 1 is 1.17 bits per heavy atom. The summed E-state index contributed by atoms with van der Waals surface area (Å²) in [7, 11) is 0. The van der Waals surface area contributed by atoms with E-state index in [1.165, 1.54) is 0 Å². The molecule has 0 atom stereocenters. The van der Waals surface area contributed by atoms with Gasteiger partial charge >= 0.3 is 0 Å². The summed E-state index contributed by atoms with van der Waals surface area (Å²) in [6.07, 6.45) is 0. The number of nitrogen functional groups attached to an aromatic ring is 1. The smallest absolute Gasteiger partial charge is 0.300 e. The van der Waals surface area contributed by atoms with Crippen LogP contribution in [0.25, 0.3) is 11.1 Å². The molecule has 2 aromatic carbocycles. The molecule has 3 rings (SSSR count). The Morgan fingerprint density at radius 2 is 2.00 bits per heavy atom. The highest BCUT2D eigenvalue weighted by Crippen LogP contribution is 2.26. The van der Waals surface area contributed by atoms with E-state index in [1.54, 1.807) is 18.2 Å². The van der Waals surface area contributed by atoms with Crippen LogP contribution in [0.2, 0.25) is 5.02 Å². The molecule has 0 saturated carbocycles. The molecule has 3 aromatic rings. The Balaban J connectivity index is 1.98. The molecule has 1 aromatic heterocycles. The maximum atomic E-state index is 5.89. The Morgan fingerprint density at radius 3 is 2.83 bits per heavy atom. The summed E-state index contributed by atoms with van der Waals surface area (Å²) in [5, 5.41) is 3.66. The van der Waals surface area contributed by atoms with Crippen molar-refractivity contribution in [3.63, 3.8) is 0 Å². The molecule has 4 nitrogen and oxygen atoms in total. The lowest BCUT2D eigenvalue weighted by Gasteiger charge is -2.03. The number of fused-ring (bicyclic) bond motifs is 1. The SMILES string of the molecule is Nc1ccccc1Nc1nc2cc(Cl)ccc2o1. The third kappa shape index (κ3) is 1.98. The van der Waals surface area contributed by atoms with Gasteiger partial charge in [0, 0.05) is 5.02 Å². The topological polar surface area (TPSA) is 64.1 Å². The van der Waals surface area contributed by atoms with E-state index in [0.29, 0.717) is 27.8 Å². The Kier molecular flexibility index (Phi) is 2.57. The standard InChI is InChI=1S/C13H10ClN3O/c14-8-5-6-12-11(7-8)17-13(18-12)16-10-4-2-1-3-9(10)15/h1-7H,15H2,(H,16,17). The molecule has 3 N–H and O–H groups in total. The lowest BCUT2D eigenvalue weighted by atomic mass is 10.3. The molecule has 18 heavy (non-hydrogen) atoms. The summed E-state index contributed by atoms with van der Waals surface area (Å²) < 4.78 is 5.55. The second-order valence-electron chi connectivity index (χ2n) is 3.84. The third-order valence-corrected chi connectivity index (χ3v) is 2.79. The van der Waals surface area contributed by atoms with Crippen LogP contribution in [-0.2, 0) is 0 Å². The third-order valence-electron chi connectivity index (χ3n) is 2.55. The molecule has 0 fully saturated rings. The lowest BCUT2D eigenvalue weighted by molar-refractivity contribution is 0.623. The van der Waals surface area contributed by atoms with Crippen LogP contribution in [0.15, 0.2) is 46.9 Å². The number of hydrogen-bond donors (Lipinski definition) is 2. The zero-order valence-electron chi connectivity index (χ0n) is 9.35. The van der Waals surface area contributed by atoms with Gasteiger partial charge in [0.2, 0.25) is 0 Å². The minimum atomic E-state index is 0.394. The molecule has 0 saturated heterocycles. The van der Waals surface area contributed by atoms with Gasteiger partial charge in [0.15, 0.2) is 5.58 Å². The maximum absolute atomic E-state index is 5.89. The van der Waals surface area contributed by atoms with Gasteiger partial charge in [-0.15, -0.1) is 0 Å². The number of nitrogens with two attached hydrogens (primary N) is 1. The van der Waals surface area contributed by atoms with Crippen molar-refractivity contribution < 1.29 is 4.42 Å². The monoisotopic (exact) mass is 259 g/mol. The van der Waals surface area contributed by atoms with Crippen molar-refractivity contribution in [2.75, 3.05) is 11.1 Å². The molecule has 5 heteroatoms. The van der Waals surface area contributed by atoms with Crippen LogP contribution in [0.3, 0.4) is 0 Å². The number of benzene rings is 2. The van der Waals surface area contributed by atoms with Gasteiger partial charge in [0.1, 0.15) is 5.52 Å². The van der Waals surface area contributed by atoms with Crippen LogP contribution in [0, 0.1) is 0 Å². The number of nitrogens with zero attached hydrogens (tertiary/aromatic N) is 1. The van der Waals surface area contributed by atoms with Crippen molar-refractivity contribution in [2.45, 2.75) is 0 Å². The minimum Gasteiger partial charge on any atom is -0.423 e. The predicted octanol–water partition coefficient (Wildman–Crippen LogP) is 3.81. The van der Waals surface area contributed by atoms with E-state index >= 15 is 0 Å². The van der Waals surface area contributed by atoms with Gasteiger partial charge in [-0.25, -0.2) is 0 Å². The molecule has 0 unspecified atom stereocenters. The number of aromatic nitrogens is 1. The summed E-state index contributed by atoms with van der Waals surface area (Å²) in [6, 6.07) is 13.1. The summed E-state index contributed by atoms with van der Waals surface area (Å²) >= 11 is 5.89. The van der Waals surface area contributed by atoms with Crippen molar-refractivity contribution in [1.82, 2.24) is 4.98 Å². The fraction of sp³-hybridized carbons (Fsp3) is 0. The summed E-state index contributed by atoms with van der Waals surface area (Å²) in [4.78, 5) is 4.29. The van der Waals surface area contributed by atoms with E-state index in [2.05, 4.69) is 10.3 Å². The van der Waals surface area contributed by atoms with Gasteiger partial charge in [-0.1, -0.05) is 23.7 Å². The minimum absolute atomic E-state index is 0.394. The van der Waals surface area contributed by atoms with E-state index in [0.717, 1.165) is 5.69 Å². The van der Waals surface area contributed by atoms with E-state index in [4.69, 9.17) is 21.8 Å². The summed E-state index contributed by atoms with van der Waals surface area (Å²) in [5.74, 6) is 0. The molecule has 0 aliphatic carbocycles. The first-order chi connectivity index (χ1) is 8.72. The number of anilines is 3. The normalized spacial score (nSPS) is 10.7. The van der Waals surface area contributed by atoms with Gasteiger partial charge in [-0.2, -0.15) is 4.98 Å². The average Bonchev–Trinajstić information content (AvgIpc) is 2.73. The number of halogens is 1. The van der Waals surface area contributed by atoms with Gasteiger partial charge < -0.3 is 15.5 Å². The van der Waals surface area contributed by atoms with Crippen molar-refractivity contribution in [3.8, 4) is 0 Å². The highest BCUT2D eigenvalue weighted by atomic mass is 35.5. The van der Waals surface area contributed by atoms with Crippen molar-refractivity contribution in [1.29, 1.82) is 0 Å². The number of para-hydroxylation sites is 2. The van der Waals surface area contributed by atoms with E-state index in [-0.39, 0.29) is 0 Å². The van der Waals surface area contributed by atoms with Gasteiger partial charge in [0.05, 0.1) is 11.4 Å². The molecular weight excluding hydrogens is 250 g/mol. The number of nitrogens with one attached hydrogen (secondary N) is 1. The zero-order valence-corrected chi connectivity index (χ0v) is 10.1. The molecular formula is C13H10ClN3O. The molecule has 0 aliphatic rings. The van der Waals surface area contributed by atoms with Crippen LogP contribution in [0.4, 0.5) is 17.4 Å². The molecule has 0 spiro atoms. The van der Waals surface area contributed by atoms with Crippen LogP contribution >= 0.6 is 11.6 Å². The molecule has 0 aliphatic heterocycles. The first-order valence-corrected chi connectivity index (χ1v) is 5.78. The predicted molar refractivity (Wildman–Crippen MR) is 73.2 cm³/mol. The molecule has 1 heterocycles. The van der Waals surface area contributed by atoms with Crippen LogP contribution in [-0.4, -0.2) is 4.98 Å². The van der Waals surface area contributed by atoms with E-state index in [9.17, 15) is 0 Å². The maximum Gasteiger partial charge on any atom is 0.300 e.